The lowest BCUT2D eigenvalue weighted by Crippen LogP contribution is -2.30. The van der Waals surface area contributed by atoms with Gasteiger partial charge in [-0.25, -0.2) is 4.79 Å². The molecule has 2 aromatic rings. The maximum absolute atomic E-state index is 12.2. The van der Waals surface area contributed by atoms with Crippen LogP contribution in [0.1, 0.15) is 25.3 Å². The summed E-state index contributed by atoms with van der Waals surface area (Å²) in [5.74, 6) is -0.479. The Bertz CT molecular complexity index is 652. The number of hydrogen-bond acceptors (Lipinski definition) is 2. The molecule has 5 nitrogen and oxygen atoms in total. The van der Waals surface area contributed by atoms with Crippen molar-refractivity contribution in [3.05, 3.63) is 34.9 Å². The summed E-state index contributed by atoms with van der Waals surface area (Å²) in [4.78, 5) is 26.4. The number of fused-ring (bicyclic) bond motifs is 1. The molecule has 1 fully saturated rings. The predicted molar refractivity (Wildman–Crippen MR) is 66.6 cm³/mol. The quantitative estimate of drug-likeness (QED) is 0.863. The lowest BCUT2D eigenvalue weighted by Gasteiger charge is -2.15. The Kier molecular flexibility index (Phi) is 2.47. The number of hydrogen-bond donors (Lipinski definition) is 2. The molecule has 0 amide bonds. The summed E-state index contributed by atoms with van der Waals surface area (Å²) < 4.78 is 1.33. The number of pyridine rings is 1. The minimum atomic E-state index is -0.935. The van der Waals surface area contributed by atoms with Crippen molar-refractivity contribution in [3.8, 4) is 0 Å². The molecule has 1 aliphatic carbocycles. The van der Waals surface area contributed by atoms with Crippen molar-refractivity contribution < 1.29 is 9.90 Å². The number of aromatic amines is 1. The Balaban J connectivity index is 2.07. The van der Waals surface area contributed by atoms with E-state index in [2.05, 4.69) is 4.98 Å². The molecule has 0 saturated heterocycles. The smallest absolute Gasteiger partial charge is 0.326 e. The SMILES string of the molecule is O=C(O)C(CC1CC1)n1ccc2cc[nH]c2c1=O. The van der Waals surface area contributed by atoms with Crippen molar-refractivity contribution in [1.82, 2.24) is 9.55 Å². The van der Waals surface area contributed by atoms with E-state index >= 15 is 0 Å². The topological polar surface area (TPSA) is 75.1 Å². The van der Waals surface area contributed by atoms with Gasteiger partial charge in [0.05, 0.1) is 0 Å². The molecule has 1 aliphatic rings. The van der Waals surface area contributed by atoms with Gasteiger partial charge in [0.1, 0.15) is 11.6 Å². The van der Waals surface area contributed by atoms with Crippen molar-refractivity contribution in [2.75, 3.05) is 0 Å². The van der Waals surface area contributed by atoms with Crippen molar-refractivity contribution in [2.45, 2.75) is 25.3 Å². The maximum atomic E-state index is 12.2. The van der Waals surface area contributed by atoms with Crippen molar-refractivity contribution in [2.24, 2.45) is 5.92 Å². The molecule has 0 radical (unpaired) electrons. The first-order valence-corrected chi connectivity index (χ1v) is 6.08. The first kappa shape index (κ1) is 11.1. The van der Waals surface area contributed by atoms with E-state index in [1.54, 1.807) is 24.5 Å². The van der Waals surface area contributed by atoms with Crippen LogP contribution in [0.15, 0.2) is 29.3 Å². The van der Waals surface area contributed by atoms with Crippen LogP contribution >= 0.6 is 0 Å². The Morgan fingerprint density at radius 1 is 1.50 bits per heavy atom. The third-order valence-corrected chi connectivity index (χ3v) is 3.52. The van der Waals surface area contributed by atoms with Gasteiger partial charge >= 0.3 is 5.97 Å². The second-order valence-electron chi connectivity index (χ2n) is 4.87. The Morgan fingerprint density at radius 2 is 2.28 bits per heavy atom. The number of nitrogens with one attached hydrogen (secondary N) is 1. The Morgan fingerprint density at radius 3 is 2.94 bits per heavy atom. The molecule has 3 rings (SSSR count). The zero-order valence-electron chi connectivity index (χ0n) is 9.80. The summed E-state index contributed by atoms with van der Waals surface area (Å²) in [5, 5.41) is 10.1. The number of carbonyl (C=O) groups is 1. The van der Waals surface area contributed by atoms with E-state index in [-0.39, 0.29) is 5.56 Å². The van der Waals surface area contributed by atoms with Crippen LogP contribution in [0.2, 0.25) is 0 Å². The molecular formula is C13H14N2O3. The zero-order chi connectivity index (χ0) is 12.7. The van der Waals surface area contributed by atoms with E-state index in [0.717, 1.165) is 18.2 Å². The minimum Gasteiger partial charge on any atom is -0.480 e. The van der Waals surface area contributed by atoms with Gasteiger partial charge < -0.3 is 10.1 Å². The predicted octanol–water partition coefficient (Wildman–Crippen LogP) is 1.76. The molecule has 1 atom stereocenters. The molecule has 2 heterocycles. The average molecular weight is 246 g/mol. The molecule has 1 saturated carbocycles. The second kappa shape index (κ2) is 4.01. The van der Waals surface area contributed by atoms with Gasteiger partial charge in [-0.15, -0.1) is 0 Å². The van der Waals surface area contributed by atoms with Gasteiger partial charge in [-0.05, 0) is 24.5 Å². The largest absolute Gasteiger partial charge is 0.480 e. The fourth-order valence-electron chi connectivity index (χ4n) is 2.31. The standard InChI is InChI=1S/C13H14N2O3/c16-12-11-9(3-5-14-11)4-6-15(12)10(13(17)18)7-8-1-2-8/h3-6,8,10,14H,1-2,7H2,(H,17,18). The fourth-order valence-corrected chi connectivity index (χ4v) is 2.31. The highest BCUT2D eigenvalue weighted by Crippen LogP contribution is 2.36. The summed E-state index contributed by atoms with van der Waals surface area (Å²) in [5.41, 5.74) is 0.213. The number of rotatable bonds is 4. The van der Waals surface area contributed by atoms with Crippen molar-refractivity contribution >= 4 is 16.9 Å². The first-order valence-electron chi connectivity index (χ1n) is 6.08. The summed E-state index contributed by atoms with van der Waals surface area (Å²) in [6.07, 6.45) is 5.96. The highest BCUT2D eigenvalue weighted by molar-refractivity contribution is 5.79. The van der Waals surface area contributed by atoms with Gasteiger partial charge in [0.15, 0.2) is 0 Å². The summed E-state index contributed by atoms with van der Waals surface area (Å²) in [6.45, 7) is 0. The van der Waals surface area contributed by atoms with E-state index in [0.29, 0.717) is 17.9 Å². The normalized spacial score (nSPS) is 16.9. The van der Waals surface area contributed by atoms with Gasteiger partial charge in [0.2, 0.25) is 0 Å². The zero-order valence-corrected chi connectivity index (χ0v) is 9.80. The van der Waals surface area contributed by atoms with Crippen LogP contribution in [0.25, 0.3) is 10.9 Å². The molecule has 94 valence electrons. The highest BCUT2D eigenvalue weighted by Gasteiger charge is 2.31. The molecule has 0 aliphatic heterocycles. The van der Waals surface area contributed by atoms with E-state index in [4.69, 9.17) is 0 Å². The number of carboxylic acids is 1. The second-order valence-corrected chi connectivity index (χ2v) is 4.87. The Hall–Kier alpha value is -2.04. The Labute approximate surface area is 103 Å². The van der Waals surface area contributed by atoms with Crippen LogP contribution in [0.3, 0.4) is 0 Å². The van der Waals surface area contributed by atoms with Gasteiger partial charge in [0.25, 0.3) is 5.56 Å². The monoisotopic (exact) mass is 246 g/mol. The fraction of sp³-hybridized carbons (Fsp3) is 0.385. The number of nitrogens with zero attached hydrogens (tertiary/aromatic N) is 1. The van der Waals surface area contributed by atoms with E-state index in [1.165, 1.54) is 4.57 Å². The van der Waals surface area contributed by atoms with Crippen LogP contribution < -0.4 is 5.56 Å². The molecule has 0 bridgehead atoms. The number of carboxylic acid groups (broad SMARTS) is 1. The third kappa shape index (κ3) is 1.81. The van der Waals surface area contributed by atoms with E-state index < -0.39 is 12.0 Å². The number of H-pyrrole nitrogens is 1. The third-order valence-electron chi connectivity index (χ3n) is 3.52. The van der Waals surface area contributed by atoms with Crippen molar-refractivity contribution in [3.63, 3.8) is 0 Å². The molecule has 5 heteroatoms. The lowest BCUT2D eigenvalue weighted by atomic mass is 10.1. The maximum Gasteiger partial charge on any atom is 0.326 e. The van der Waals surface area contributed by atoms with Gasteiger partial charge in [-0.1, -0.05) is 12.8 Å². The first-order chi connectivity index (χ1) is 8.66. The van der Waals surface area contributed by atoms with Crippen LogP contribution in [-0.4, -0.2) is 20.6 Å². The van der Waals surface area contributed by atoms with Gasteiger partial charge in [0, 0.05) is 17.8 Å². The van der Waals surface area contributed by atoms with Gasteiger partial charge in [-0.2, -0.15) is 0 Å². The summed E-state index contributed by atoms with van der Waals surface area (Å²) in [6, 6.07) is 2.83. The van der Waals surface area contributed by atoms with Crippen LogP contribution in [0, 0.1) is 5.92 Å². The van der Waals surface area contributed by atoms with Crippen molar-refractivity contribution in [1.29, 1.82) is 0 Å². The molecule has 18 heavy (non-hydrogen) atoms. The molecular weight excluding hydrogens is 232 g/mol. The minimum absolute atomic E-state index is 0.259. The van der Waals surface area contributed by atoms with E-state index in [9.17, 15) is 14.7 Å². The molecule has 1 unspecified atom stereocenters. The molecule has 2 N–H and O–H groups in total. The molecule has 0 spiro atoms. The van der Waals surface area contributed by atoms with Crippen LogP contribution in [0.4, 0.5) is 0 Å². The summed E-state index contributed by atoms with van der Waals surface area (Å²) in [7, 11) is 0. The number of aliphatic carboxylic acids is 1. The molecule has 2 aromatic heterocycles. The average Bonchev–Trinajstić information content (AvgIpc) is 3.02. The molecule has 0 aromatic carbocycles. The summed E-state index contributed by atoms with van der Waals surface area (Å²) >= 11 is 0. The van der Waals surface area contributed by atoms with E-state index in [1.807, 2.05) is 0 Å². The van der Waals surface area contributed by atoms with Crippen LogP contribution in [0.5, 0.6) is 0 Å². The van der Waals surface area contributed by atoms with Gasteiger partial charge in [-0.3, -0.25) is 9.36 Å². The highest BCUT2D eigenvalue weighted by atomic mass is 16.4. The number of aromatic nitrogens is 2. The van der Waals surface area contributed by atoms with Crippen LogP contribution in [-0.2, 0) is 4.79 Å². The lowest BCUT2D eigenvalue weighted by molar-refractivity contribution is -0.141.